The summed E-state index contributed by atoms with van der Waals surface area (Å²) in [6.45, 7) is 2.44. The van der Waals surface area contributed by atoms with Crippen molar-refractivity contribution in [2.75, 3.05) is 0 Å². The zero-order chi connectivity index (χ0) is 18.6. The Balaban J connectivity index is 0.000000167. The third-order valence-electron chi connectivity index (χ3n) is 4.23. The highest BCUT2D eigenvalue weighted by atomic mass is 35.5. The zero-order valence-corrected chi connectivity index (χ0v) is 15.5. The largest absolute Gasteiger partial charge is 0.307 e. The van der Waals surface area contributed by atoms with Gasteiger partial charge in [-0.25, -0.2) is 0 Å². The predicted octanol–water partition coefficient (Wildman–Crippen LogP) is 1.58. The number of halogens is 1. The molecule has 4 aromatic rings. The van der Waals surface area contributed by atoms with Crippen LogP contribution >= 0.6 is 11.6 Å². The number of hydrogen-bond donors (Lipinski definition) is 1. The fraction of sp³-hybridized carbons (Fsp3) is 0.235. The Morgan fingerprint density at radius 1 is 1.07 bits per heavy atom. The van der Waals surface area contributed by atoms with E-state index < -0.39 is 0 Å². The lowest BCUT2D eigenvalue weighted by molar-refractivity contribution is 0.564. The lowest BCUT2D eigenvalue weighted by Crippen LogP contribution is -2.09. The molecule has 10 heteroatoms. The van der Waals surface area contributed by atoms with Gasteiger partial charge in [0, 0.05) is 36.4 Å². The van der Waals surface area contributed by atoms with E-state index in [1.54, 1.807) is 23.5 Å². The summed E-state index contributed by atoms with van der Waals surface area (Å²) in [7, 11) is 1.98. The van der Waals surface area contributed by atoms with Crippen molar-refractivity contribution in [3.05, 3.63) is 71.3 Å². The Morgan fingerprint density at radius 3 is 2.59 bits per heavy atom. The van der Waals surface area contributed by atoms with Gasteiger partial charge < -0.3 is 5.32 Å². The fourth-order valence-corrected chi connectivity index (χ4v) is 2.96. The van der Waals surface area contributed by atoms with Gasteiger partial charge in [0.05, 0.1) is 24.3 Å². The van der Waals surface area contributed by atoms with Gasteiger partial charge in [-0.05, 0) is 24.3 Å². The van der Waals surface area contributed by atoms with Crippen molar-refractivity contribution in [2.45, 2.75) is 19.6 Å². The first-order valence-corrected chi connectivity index (χ1v) is 8.78. The van der Waals surface area contributed by atoms with Crippen molar-refractivity contribution in [2.24, 2.45) is 7.05 Å². The number of aryl methyl sites for hydroxylation is 1. The lowest BCUT2D eigenvalue weighted by atomic mass is 10.3. The highest BCUT2D eigenvalue weighted by Gasteiger charge is 2.12. The molecule has 0 saturated heterocycles. The van der Waals surface area contributed by atoms with Crippen LogP contribution in [-0.4, -0.2) is 39.5 Å². The molecule has 0 bridgehead atoms. The maximum Gasteiger partial charge on any atom is 0.161 e. The monoisotopic (exact) mass is 383 g/mol. The molecule has 0 radical (unpaired) electrons. The second kappa shape index (κ2) is 7.68. The molecule has 0 fully saturated rings. The molecule has 0 aliphatic carbocycles. The predicted molar refractivity (Wildman–Crippen MR) is 99.2 cm³/mol. The number of benzene rings is 1. The first kappa shape index (κ1) is 17.4. The van der Waals surface area contributed by atoms with Crippen molar-refractivity contribution in [3.63, 3.8) is 0 Å². The fourth-order valence-electron chi connectivity index (χ4n) is 2.84. The Hall–Kier alpha value is -3.04. The van der Waals surface area contributed by atoms with Crippen LogP contribution in [0.2, 0.25) is 5.02 Å². The maximum atomic E-state index is 5.86. The van der Waals surface area contributed by atoms with E-state index in [4.69, 9.17) is 11.6 Å². The quantitative estimate of drug-likeness (QED) is 0.577. The van der Waals surface area contributed by atoms with Crippen molar-refractivity contribution in [3.8, 4) is 5.69 Å². The van der Waals surface area contributed by atoms with E-state index in [2.05, 4.69) is 30.8 Å². The molecule has 0 atom stereocenters. The normalized spacial score (nSPS) is 12.5. The molecule has 0 amide bonds. The van der Waals surface area contributed by atoms with E-state index in [0.717, 1.165) is 24.6 Å². The molecule has 1 aromatic carbocycles. The van der Waals surface area contributed by atoms with E-state index in [0.29, 0.717) is 11.6 Å². The van der Waals surface area contributed by atoms with E-state index in [9.17, 15) is 0 Å². The van der Waals surface area contributed by atoms with Crippen molar-refractivity contribution in [1.29, 1.82) is 0 Å². The van der Waals surface area contributed by atoms with E-state index in [1.165, 1.54) is 11.3 Å². The standard InChI is InChI=1S/C11H9ClN6.C6H9N3/c12-9-1-3-10(4-2-9)17-8-13-16-11(17)7-18-14-5-6-15-18;1-9-6-4-7-2-5(6)3-8-9/h1-6,8H,7H2;3,7H,2,4H2,1H3. The molecule has 3 aromatic heterocycles. The molecule has 138 valence electrons. The molecule has 1 aliphatic heterocycles. The summed E-state index contributed by atoms with van der Waals surface area (Å²) < 4.78 is 3.80. The summed E-state index contributed by atoms with van der Waals surface area (Å²) in [5.41, 5.74) is 3.62. The Bertz CT molecular complexity index is 1000. The van der Waals surface area contributed by atoms with Gasteiger partial charge in [0.25, 0.3) is 0 Å². The minimum atomic E-state index is 0.468. The van der Waals surface area contributed by atoms with Gasteiger partial charge in [-0.2, -0.15) is 20.1 Å². The van der Waals surface area contributed by atoms with Gasteiger partial charge >= 0.3 is 0 Å². The minimum absolute atomic E-state index is 0.468. The van der Waals surface area contributed by atoms with Crippen LogP contribution in [0, 0.1) is 0 Å². The zero-order valence-electron chi connectivity index (χ0n) is 14.7. The van der Waals surface area contributed by atoms with Crippen molar-refractivity contribution >= 4 is 11.6 Å². The van der Waals surface area contributed by atoms with Crippen LogP contribution in [0.25, 0.3) is 5.69 Å². The SMILES string of the molecule is Clc1ccc(-n2cnnc2Cn2nccn2)cc1.Cn1ncc2c1CNC2. The van der Waals surface area contributed by atoms with Crippen LogP contribution in [0.1, 0.15) is 17.1 Å². The average Bonchev–Trinajstić information content (AvgIpc) is 3.45. The number of nitrogens with one attached hydrogen (secondary N) is 1. The van der Waals surface area contributed by atoms with Gasteiger partial charge in [-0.15, -0.1) is 10.2 Å². The smallest absolute Gasteiger partial charge is 0.161 e. The molecule has 4 heterocycles. The van der Waals surface area contributed by atoms with Crippen LogP contribution in [0.15, 0.2) is 49.2 Å². The third kappa shape index (κ3) is 3.88. The van der Waals surface area contributed by atoms with E-state index in [1.807, 2.05) is 46.8 Å². The summed E-state index contributed by atoms with van der Waals surface area (Å²) in [4.78, 5) is 1.55. The number of aromatic nitrogens is 8. The number of hydrogen-bond acceptors (Lipinski definition) is 6. The molecular formula is C17H18ClN9. The van der Waals surface area contributed by atoms with Crippen LogP contribution in [-0.2, 0) is 26.7 Å². The number of fused-ring (bicyclic) bond motifs is 1. The molecule has 1 N–H and O–H groups in total. The van der Waals surface area contributed by atoms with Crippen molar-refractivity contribution < 1.29 is 0 Å². The molecule has 5 rings (SSSR count). The van der Waals surface area contributed by atoms with Crippen LogP contribution in [0.3, 0.4) is 0 Å². The number of nitrogens with zero attached hydrogens (tertiary/aromatic N) is 8. The topological polar surface area (TPSA) is 91.3 Å². The van der Waals surface area contributed by atoms with E-state index >= 15 is 0 Å². The highest BCUT2D eigenvalue weighted by molar-refractivity contribution is 6.30. The summed E-state index contributed by atoms with van der Waals surface area (Å²) in [6, 6.07) is 7.47. The minimum Gasteiger partial charge on any atom is -0.307 e. The second-order valence-electron chi connectivity index (χ2n) is 6.00. The van der Waals surface area contributed by atoms with Gasteiger partial charge in [0.1, 0.15) is 12.9 Å². The molecular weight excluding hydrogens is 366 g/mol. The second-order valence-corrected chi connectivity index (χ2v) is 6.43. The van der Waals surface area contributed by atoms with Crippen LogP contribution < -0.4 is 5.32 Å². The molecule has 0 saturated carbocycles. The lowest BCUT2D eigenvalue weighted by Gasteiger charge is -2.05. The van der Waals surface area contributed by atoms with Gasteiger partial charge in [-0.3, -0.25) is 9.25 Å². The summed E-state index contributed by atoms with van der Waals surface area (Å²) in [5.74, 6) is 0.758. The number of rotatable bonds is 3. The first-order chi connectivity index (χ1) is 13.2. The van der Waals surface area contributed by atoms with Crippen LogP contribution in [0.5, 0.6) is 0 Å². The van der Waals surface area contributed by atoms with Gasteiger partial charge in [-0.1, -0.05) is 11.6 Å². The maximum absolute atomic E-state index is 5.86. The summed E-state index contributed by atoms with van der Waals surface area (Å²) in [6.07, 6.45) is 6.84. The van der Waals surface area contributed by atoms with Gasteiger partial charge in [0.2, 0.25) is 0 Å². The average molecular weight is 384 g/mol. The molecule has 27 heavy (non-hydrogen) atoms. The molecule has 0 spiro atoms. The van der Waals surface area contributed by atoms with Crippen LogP contribution in [0.4, 0.5) is 0 Å². The molecule has 9 nitrogen and oxygen atoms in total. The Morgan fingerprint density at radius 2 is 1.85 bits per heavy atom. The van der Waals surface area contributed by atoms with Crippen molar-refractivity contribution in [1.82, 2.24) is 44.9 Å². The van der Waals surface area contributed by atoms with E-state index in [-0.39, 0.29) is 0 Å². The summed E-state index contributed by atoms with van der Waals surface area (Å²) >= 11 is 5.86. The molecule has 1 aliphatic rings. The molecule has 0 unspecified atom stereocenters. The first-order valence-electron chi connectivity index (χ1n) is 8.40. The Kier molecular flexibility index (Phi) is 4.95. The van der Waals surface area contributed by atoms with Gasteiger partial charge in [0.15, 0.2) is 5.82 Å². The Labute approximate surface area is 160 Å². The highest BCUT2D eigenvalue weighted by Crippen LogP contribution is 2.14. The third-order valence-corrected chi connectivity index (χ3v) is 4.48. The summed E-state index contributed by atoms with van der Waals surface area (Å²) in [5, 5.41) is 24.1.